The first kappa shape index (κ1) is 15.7. The fourth-order valence-electron chi connectivity index (χ4n) is 2.35. The smallest absolute Gasteiger partial charge is 0.120 e. The molecule has 3 nitrogen and oxygen atoms in total. The van der Waals surface area contributed by atoms with Gasteiger partial charge in [-0.15, -0.1) is 0 Å². The second kappa shape index (κ2) is 6.39. The van der Waals surface area contributed by atoms with E-state index >= 15 is 0 Å². The highest BCUT2D eigenvalue weighted by Crippen LogP contribution is 2.34. The second-order valence-corrected chi connectivity index (χ2v) is 6.18. The minimum atomic E-state index is 0.00476. The molecule has 1 atom stereocenters. The van der Waals surface area contributed by atoms with Gasteiger partial charge in [0.2, 0.25) is 0 Å². The van der Waals surface area contributed by atoms with Gasteiger partial charge in [-0.2, -0.15) is 0 Å². The number of aromatic hydroxyl groups is 2. The van der Waals surface area contributed by atoms with Crippen molar-refractivity contribution in [2.45, 2.75) is 33.2 Å². The third-order valence-electron chi connectivity index (χ3n) is 3.65. The molecule has 0 saturated heterocycles. The zero-order chi connectivity index (χ0) is 15.6. The van der Waals surface area contributed by atoms with E-state index in [0.29, 0.717) is 5.75 Å². The van der Waals surface area contributed by atoms with Gasteiger partial charge in [-0.1, -0.05) is 22.9 Å². The summed E-state index contributed by atoms with van der Waals surface area (Å²) in [6.45, 7) is 5.90. The monoisotopic (exact) mass is 349 g/mol. The number of benzene rings is 2. The van der Waals surface area contributed by atoms with Gasteiger partial charge in [0.1, 0.15) is 11.5 Å². The predicted octanol–water partition coefficient (Wildman–Crippen LogP) is 5.04. The normalized spacial score (nSPS) is 12.2. The van der Waals surface area contributed by atoms with Gasteiger partial charge in [0, 0.05) is 15.7 Å². The lowest BCUT2D eigenvalue weighted by atomic mass is 10.0. The summed E-state index contributed by atoms with van der Waals surface area (Å²) >= 11 is 3.44. The number of rotatable bonds is 4. The topological polar surface area (TPSA) is 52.5 Å². The quantitative estimate of drug-likeness (QED) is 0.677. The maximum Gasteiger partial charge on any atom is 0.120 e. The third kappa shape index (κ3) is 3.50. The van der Waals surface area contributed by atoms with Crippen LogP contribution in [-0.4, -0.2) is 10.2 Å². The highest BCUT2D eigenvalue weighted by molar-refractivity contribution is 9.10. The molecule has 0 fully saturated rings. The summed E-state index contributed by atoms with van der Waals surface area (Å²) in [5.41, 5.74) is 3.64. The van der Waals surface area contributed by atoms with Crippen LogP contribution < -0.4 is 5.32 Å². The van der Waals surface area contributed by atoms with E-state index in [1.54, 1.807) is 12.1 Å². The van der Waals surface area contributed by atoms with Gasteiger partial charge in [-0.25, -0.2) is 0 Å². The van der Waals surface area contributed by atoms with Crippen LogP contribution in [0.5, 0.6) is 11.5 Å². The lowest BCUT2D eigenvalue weighted by Crippen LogP contribution is -2.11. The van der Waals surface area contributed by atoms with Crippen LogP contribution in [0.15, 0.2) is 34.8 Å². The molecule has 0 bridgehead atoms. The highest BCUT2D eigenvalue weighted by atomic mass is 79.9. The van der Waals surface area contributed by atoms with E-state index < -0.39 is 0 Å². The maximum absolute atomic E-state index is 10.1. The first-order valence-electron chi connectivity index (χ1n) is 6.97. The average Bonchev–Trinajstić information content (AvgIpc) is 2.44. The van der Waals surface area contributed by atoms with Gasteiger partial charge in [0.05, 0.1) is 6.04 Å². The van der Waals surface area contributed by atoms with Crippen molar-refractivity contribution in [1.29, 1.82) is 0 Å². The van der Waals surface area contributed by atoms with Crippen molar-refractivity contribution >= 4 is 21.6 Å². The molecule has 3 N–H and O–H groups in total. The average molecular weight is 350 g/mol. The SMILES string of the molecule is CCC(Nc1cc(C)c(O)cc1C)c1cc(Br)ccc1O. The van der Waals surface area contributed by atoms with Crippen molar-refractivity contribution < 1.29 is 10.2 Å². The molecule has 2 rings (SSSR count). The third-order valence-corrected chi connectivity index (χ3v) is 4.14. The molecule has 0 heterocycles. The minimum Gasteiger partial charge on any atom is -0.508 e. The highest BCUT2D eigenvalue weighted by Gasteiger charge is 2.15. The van der Waals surface area contributed by atoms with Gasteiger partial charge in [0.25, 0.3) is 0 Å². The van der Waals surface area contributed by atoms with Crippen LogP contribution in [-0.2, 0) is 0 Å². The molecule has 0 aliphatic heterocycles. The molecule has 2 aromatic rings. The summed E-state index contributed by atoms with van der Waals surface area (Å²) in [4.78, 5) is 0. The number of anilines is 1. The Labute approximate surface area is 133 Å². The Kier molecular flexibility index (Phi) is 4.78. The Morgan fingerprint density at radius 2 is 1.76 bits per heavy atom. The molecule has 0 aliphatic carbocycles. The lowest BCUT2D eigenvalue weighted by molar-refractivity contribution is 0.462. The van der Waals surface area contributed by atoms with Crippen LogP contribution in [0, 0.1) is 13.8 Å². The molecule has 0 amide bonds. The number of hydrogen-bond donors (Lipinski definition) is 3. The van der Waals surface area contributed by atoms with Crippen LogP contribution in [0.25, 0.3) is 0 Å². The van der Waals surface area contributed by atoms with E-state index in [9.17, 15) is 10.2 Å². The number of phenols is 2. The summed E-state index contributed by atoms with van der Waals surface area (Å²) < 4.78 is 0.939. The van der Waals surface area contributed by atoms with Gasteiger partial charge in [0.15, 0.2) is 0 Å². The van der Waals surface area contributed by atoms with E-state index in [0.717, 1.165) is 33.3 Å². The molecule has 1 unspecified atom stereocenters. The van der Waals surface area contributed by atoms with Crippen molar-refractivity contribution in [1.82, 2.24) is 0 Å². The first-order valence-corrected chi connectivity index (χ1v) is 7.76. The van der Waals surface area contributed by atoms with Crippen molar-refractivity contribution in [3.8, 4) is 11.5 Å². The first-order chi connectivity index (χ1) is 9.92. The van der Waals surface area contributed by atoms with E-state index in [1.807, 2.05) is 32.0 Å². The Balaban J connectivity index is 2.35. The summed E-state index contributed by atoms with van der Waals surface area (Å²) in [7, 11) is 0. The van der Waals surface area contributed by atoms with E-state index in [4.69, 9.17) is 0 Å². The second-order valence-electron chi connectivity index (χ2n) is 5.26. The van der Waals surface area contributed by atoms with E-state index in [2.05, 4.69) is 28.2 Å². The summed E-state index contributed by atoms with van der Waals surface area (Å²) in [6.07, 6.45) is 0.837. The standard InChI is InChI=1S/C17H20BrNO2/c1-4-14(13-9-12(18)5-6-16(13)20)19-15-7-11(3)17(21)8-10(15)2/h5-9,14,19-21H,4H2,1-3H3. The van der Waals surface area contributed by atoms with Crippen molar-refractivity contribution in [3.63, 3.8) is 0 Å². The zero-order valence-electron chi connectivity index (χ0n) is 12.4. The molecule has 0 saturated carbocycles. The molecule has 21 heavy (non-hydrogen) atoms. The summed E-state index contributed by atoms with van der Waals surface area (Å²) in [5.74, 6) is 0.585. The zero-order valence-corrected chi connectivity index (χ0v) is 14.0. The van der Waals surface area contributed by atoms with Crippen LogP contribution in [0.3, 0.4) is 0 Å². The van der Waals surface area contributed by atoms with Crippen LogP contribution in [0.2, 0.25) is 0 Å². The Morgan fingerprint density at radius 1 is 1.05 bits per heavy atom. The minimum absolute atomic E-state index is 0.00476. The van der Waals surface area contributed by atoms with E-state index in [-0.39, 0.29) is 11.8 Å². The number of hydrogen-bond acceptors (Lipinski definition) is 3. The number of nitrogens with one attached hydrogen (secondary N) is 1. The molecular formula is C17H20BrNO2. The molecule has 0 spiro atoms. The van der Waals surface area contributed by atoms with Crippen LogP contribution >= 0.6 is 15.9 Å². The van der Waals surface area contributed by atoms with Gasteiger partial charge in [-0.05, 0) is 61.7 Å². The van der Waals surface area contributed by atoms with Gasteiger partial charge in [-0.3, -0.25) is 0 Å². The molecule has 0 aromatic heterocycles. The lowest BCUT2D eigenvalue weighted by Gasteiger charge is -2.22. The van der Waals surface area contributed by atoms with Gasteiger partial charge >= 0.3 is 0 Å². The van der Waals surface area contributed by atoms with Crippen LogP contribution in [0.1, 0.15) is 36.1 Å². The number of aryl methyl sites for hydroxylation is 2. The Morgan fingerprint density at radius 3 is 2.43 bits per heavy atom. The van der Waals surface area contributed by atoms with Gasteiger partial charge < -0.3 is 15.5 Å². The molecule has 2 aromatic carbocycles. The largest absolute Gasteiger partial charge is 0.508 e. The molecule has 112 valence electrons. The number of phenolic OH excluding ortho intramolecular Hbond substituents is 2. The van der Waals surface area contributed by atoms with Crippen LogP contribution in [0.4, 0.5) is 5.69 Å². The number of halogens is 1. The predicted molar refractivity (Wildman–Crippen MR) is 90.0 cm³/mol. The maximum atomic E-state index is 10.1. The van der Waals surface area contributed by atoms with E-state index in [1.165, 1.54) is 0 Å². The van der Waals surface area contributed by atoms with Crippen molar-refractivity contribution in [2.75, 3.05) is 5.32 Å². The van der Waals surface area contributed by atoms with Crippen molar-refractivity contribution in [3.05, 3.63) is 51.5 Å². The fraction of sp³-hybridized carbons (Fsp3) is 0.294. The van der Waals surface area contributed by atoms with Crippen molar-refractivity contribution in [2.24, 2.45) is 0 Å². The summed E-state index contributed by atoms with van der Waals surface area (Å²) in [6, 6.07) is 9.14. The molecule has 4 heteroatoms. The molecule has 0 radical (unpaired) electrons. The molecular weight excluding hydrogens is 330 g/mol. The Bertz CT molecular complexity index is 655. The fourth-order valence-corrected chi connectivity index (χ4v) is 2.73. The molecule has 0 aliphatic rings. The summed E-state index contributed by atoms with van der Waals surface area (Å²) in [5, 5.41) is 23.3. The Hall–Kier alpha value is -1.68.